The number of likely N-dealkylation sites (N-methyl/N-ethyl adjacent to an activating group) is 1. The van der Waals surface area contributed by atoms with Crippen molar-refractivity contribution in [3.63, 3.8) is 0 Å². The number of likely N-dealkylation sites (tertiary alicyclic amines) is 1. The molecule has 0 N–H and O–H groups in total. The van der Waals surface area contributed by atoms with Gasteiger partial charge in [-0.2, -0.15) is 0 Å². The third kappa shape index (κ3) is 3.17. The lowest BCUT2D eigenvalue weighted by Gasteiger charge is -2.45. The molecule has 1 aliphatic carbocycles. The van der Waals surface area contributed by atoms with E-state index in [1.807, 2.05) is 48.3 Å². The number of aliphatic imine (C=N–C) groups is 1. The number of amidine groups is 1. The molecule has 4 aromatic carbocycles. The number of benzene rings is 4. The Morgan fingerprint density at radius 1 is 0.909 bits per heavy atom. The van der Waals surface area contributed by atoms with Gasteiger partial charge in [-0.15, -0.1) is 0 Å². The highest BCUT2D eigenvalue weighted by Crippen LogP contribution is 2.68. The van der Waals surface area contributed by atoms with Crippen molar-refractivity contribution in [1.82, 2.24) is 9.80 Å². The van der Waals surface area contributed by atoms with Crippen molar-refractivity contribution in [2.24, 2.45) is 10.9 Å². The van der Waals surface area contributed by atoms with Crippen LogP contribution in [0.15, 0.2) is 96.0 Å². The van der Waals surface area contributed by atoms with Crippen LogP contribution in [0.5, 0.6) is 0 Å². The maximum Gasteiger partial charge on any atom is 0.249 e. The lowest BCUT2D eigenvalue weighted by Crippen LogP contribution is -2.61. The highest BCUT2D eigenvalue weighted by molar-refractivity contribution is 8.16. The molecule has 4 aliphatic heterocycles. The number of ketones is 1. The molecule has 0 saturated carbocycles. The Morgan fingerprint density at radius 2 is 1.68 bits per heavy atom. The second kappa shape index (κ2) is 9.36. The first-order valence-electron chi connectivity index (χ1n) is 15.6. The molecule has 1 amide bonds. The van der Waals surface area contributed by atoms with Gasteiger partial charge < -0.3 is 4.74 Å². The van der Waals surface area contributed by atoms with Gasteiger partial charge in [0.2, 0.25) is 5.91 Å². The second-order valence-corrected chi connectivity index (χ2v) is 14.2. The van der Waals surface area contributed by atoms with Gasteiger partial charge in [-0.1, -0.05) is 108 Å². The molecule has 2 spiro atoms. The van der Waals surface area contributed by atoms with Crippen LogP contribution in [0.1, 0.15) is 57.4 Å². The van der Waals surface area contributed by atoms with E-state index >= 15 is 9.59 Å². The van der Waals surface area contributed by atoms with Gasteiger partial charge >= 0.3 is 0 Å². The summed E-state index contributed by atoms with van der Waals surface area (Å²) in [7, 11) is 2.03. The summed E-state index contributed by atoms with van der Waals surface area (Å²) in [6, 6.07) is 30.8. The number of carbonyl (C=O) groups excluding carboxylic acids is 2. The summed E-state index contributed by atoms with van der Waals surface area (Å²) < 4.78 is 5.13. The number of thioether (sulfide) groups is 1. The normalized spacial score (nSPS) is 32.5. The fourth-order valence-corrected chi connectivity index (χ4v) is 10.8. The number of hydrogen-bond donors (Lipinski definition) is 0. The summed E-state index contributed by atoms with van der Waals surface area (Å²) in [5.41, 5.74) is 3.75. The van der Waals surface area contributed by atoms with Gasteiger partial charge in [0.05, 0.1) is 6.04 Å². The van der Waals surface area contributed by atoms with Crippen LogP contribution in [0.3, 0.4) is 0 Å². The lowest BCUT2D eigenvalue weighted by molar-refractivity contribution is -0.137. The monoisotopic (exact) mass is 599 g/mol. The van der Waals surface area contributed by atoms with Gasteiger partial charge in [0, 0.05) is 30.6 Å². The number of aryl methyl sites for hydroxylation is 1. The summed E-state index contributed by atoms with van der Waals surface area (Å²) >= 11 is 1.52. The SMILES string of the molecule is Cc1ccc([C@H]2CN(C)[C@@]3(C(=O)c4cccc5cccc3c45)[C@@]23SC2=NC4OCCCC4C(c4ccccc4)N2C3=O)cc1. The molecule has 44 heavy (non-hydrogen) atoms. The van der Waals surface area contributed by atoms with Gasteiger partial charge in [0.15, 0.2) is 17.2 Å². The van der Waals surface area contributed by atoms with Crippen molar-refractivity contribution in [2.45, 2.75) is 48.2 Å². The van der Waals surface area contributed by atoms with Crippen molar-refractivity contribution in [2.75, 3.05) is 20.2 Å². The lowest BCUT2D eigenvalue weighted by atomic mass is 9.70. The van der Waals surface area contributed by atoms with Crippen LogP contribution in [-0.2, 0) is 15.1 Å². The van der Waals surface area contributed by atoms with Gasteiger partial charge in [0.25, 0.3) is 0 Å². The van der Waals surface area contributed by atoms with Crippen molar-refractivity contribution in [3.05, 3.63) is 119 Å². The first-order chi connectivity index (χ1) is 21.5. The van der Waals surface area contributed by atoms with Crippen LogP contribution in [0.25, 0.3) is 10.8 Å². The van der Waals surface area contributed by atoms with E-state index in [1.54, 1.807) is 0 Å². The van der Waals surface area contributed by atoms with Gasteiger partial charge in [-0.25, -0.2) is 4.99 Å². The summed E-state index contributed by atoms with van der Waals surface area (Å²) in [6.45, 7) is 3.31. The highest BCUT2D eigenvalue weighted by atomic mass is 32.2. The van der Waals surface area contributed by atoms with Crippen LogP contribution in [-0.4, -0.2) is 57.8 Å². The summed E-state index contributed by atoms with van der Waals surface area (Å²) in [5.74, 6) is -0.214. The molecule has 4 aromatic rings. The molecule has 3 unspecified atom stereocenters. The topological polar surface area (TPSA) is 62.2 Å². The number of fused-ring (bicyclic) bond motifs is 4. The molecular weight excluding hydrogens is 566 g/mol. The molecule has 3 fully saturated rings. The number of nitrogens with zero attached hydrogens (tertiary/aromatic N) is 3. The van der Waals surface area contributed by atoms with E-state index in [4.69, 9.17) is 9.73 Å². The van der Waals surface area contributed by atoms with Crippen LogP contribution in [0.4, 0.5) is 0 Å². The molecule has 0 aromatic heterocycles. The van der Waals surface area contributed by atoms with Crippen molar-refractivity contribution < 1.29 is 14.3 Å². The maximum atomic E-state index is 15.8. The molecule has 3 saturated heterocycles. The minimum absolute atomic E-state index is 0.00707. The number of hydrogen-bond acceptors (Lipinski definition) is 6. The Hall–Kier alpha value is -3.78. The van der Waals surface area contributed by atoms with Crippen molar-refractivity contribution in [1.29, 1.82) is 0 Å². The van der Waals surface area contributed by atoms with E-state index in [0.717, 1.165) is 45.9 Å². The van der Waals surface area contributed by atoms with Crippen molar-refractivity contribution >= 4 is 39.4 Å². The molecule has 9 rings (SSSR count). The minimum atomic E-state index is -1.19. The quantitative estimate of drug-likeness (QED) is 0.265. The first kappa shape index (κ1) is 26.6. The number of ether oxygens (including phenoxy) is 1. The summed E-state index contributed by atoms with van der Waals surface area (Å²) in [5, 5.41) is 2.67. The molecule has 6 atom stereocenters. The first-order valence-corrected chi connectivity index (χ1v) is 16.4. The third-order valence-electron chi connectivity index (χ3n) is 10.8. The van der Waals surface area contributed by atoms with Crippen LogP contribution >= 0.6 is 11.8 Å². The molecular formula is C37H33N3O3S. The van der Waals surface area contributed by atoms with Gasteiger partial charge in [-0.3, -0.25) is 19.4 Å². The zero-order valence-electron chi connectivity index (χ0n) is 24.8. The zero-order valence-corrected chi connectivity index (χ0v) is 25.6. The Morgan fingerprint density at radius 3 is 2.48 bits per heavy atom. The molecule has 4 heterocycles. The number of amides is 1. The average Bonchev–Trinajstić information content (AvgIpc) is 3.60. The molecule has 6 nitrogen and oxygen atoms in total. The van der Waals surface area contributed by atoms with Crippen LogP contribution in [0, 0.1) is 12.8 Å². The number of Topliss-reactive ketones (excluding diaryl/α,β-unsaturated/α-hetero) is 1. The second-order valence-electron chi connectivity index (χ2n) is 12.9. The Labute approximate surface area is 261 Å². The third-order valence-corrected chi connectivity index (χ3v) is 12.4. The molecule has 220 valence electrons. The summed E-state index contributed by atoms with van der Waals surface area (Å²) in [6.07, 6.45) is 1.55. The standard InChI is InChI=1S/C37H33N3O3S/c1-22-16-18-23(19-17-22)29-21-39(2)36(28-15-7-12-24-11-6-13-26(30(24)28)32(36)41)37(29)34(42)40-31(25-9-4-3-5-10-25)27-14-8-20-43-33(27)38-35(40)44-37/h3-7,9-13,15-19,27,29,31,33H,8,14,20-21H2,1-2H3/t27?,29-,31?,33?,36+,37-/m1/s1. The minimum Gasteiger partial charge on any atom is -0.356 e. The summed E-state index contributed by atoms with van der Waals surface area (Å²) in [4.78, 5) is 40.3. The van der Waals surface area contributed by atoms with Gasteiger partial charge in [-0.05, 0) is 54.3 Å². The van der Waals surface area contributed by atoms with Gasteiger partial charge in [0.1, 0.15) is 10.3 Å². The van der Waals surface area contributed by atoms with Crippen molar-refractivity contribution in [3.8, 4) is 0 Å². The molecule has 5 aliphatic rings. The average molecular weight is 600 g/mol. The van der Waals surface area contributed by atoms with E-state index in [1.165, 1.54) is 11.8 Å². The van der Waals surface area contributed by atoms with E-state index in [0.29, 0.717) is 23.9 Å². The van der Waals surface area contributed by atoms with E-state index in [9.17, 15) is 0 Å². The Kier molecular flexibility index (Phi) is 5.66. The van der Waals surface area contributed by atoms with E-state index in [2.05, 4.69) is 66.4 Å². The largest absolute Gasteiger partial charge is 0.356 e. The predicted molar refractivity (Wildman–Crippen MR) is 173 cm³/mol. The smallest absolute Gasteiger partial charge is 0.249 e. The predicted octanol–water partition coefficient (Wildman–Crippen LogP) is 6.45. The fourth-order valence-electron chi connectivity index (χ4n) is 8.98. The number of carbonyl (C=O) groups is 2. The fraction of sp³-hybridized carbons (Fsp3) is 0.324. The van der Waals surface area contributed by atoms with E-state index < -0.39 is 10.3 Å². The maximum absolute atomic E-state index is 15.8. The molecule has 7 heteroatoms. The highest BCUT2D eigenvalue weighted by Gasteiger charge is 2.78. The zero-order chi connectivity index (χ0) is 29.8. The van der Waals surface area contributed by atoms with Crippen LogP contribution in [0.2, 0.25) is 0 Å². The molecule has 0 radical (unpaired) electrons. The number of rotatable bonds is 2. The molecule has 0 bridgehead atoms. The van der Waals surface area contributed by atoms with E-state index in [-0.39, 0.29) is 35.8 Å². The Bertz CT molecular complexity index is 1890. The Balaban J connectivity index is 1.33. The van der Waals surface area contributed by atoms with Crippen LogP contribution < -0.4 is 0 Å².